The van der Waals surface area contributed by atoms with Crippen molar-refractivity contribution in [1.82, 2.24) is 4.90 Å². The molecule has 1 N–H and O–H groups in total. The van der Waals surface area contributed by atoms with Gasteiger partial charge in [0.05, 0.1) is 18.5 Å². The average molecular weight is 277 g/mol. The summed E-state index contributed by atoms with van der Waals surface area (Å²) in [5.74, 6) is -0.113. The van der Waals surface area contributed by atoms with E-state index >= 15 is 0 Å². The molecule has 0 aromatic rings. The van der Waals surface area contributed by atoms with Crippen LogP contribution >= 0.6 is 11.8 Å². The summed E-state index contributed by atoms with van der Waals surface area (Å²) in [7, 11) is 3.14. The van der Waals surface area contributed by atoms with Crippen molar-refractivity contribution in [3.05, 3.63) is 0 Å². The minimum absolute atomic E-state index is 0.150. The van der Waals surface area contributed by atoms with E-state index in [1.165, 1.54) is 23.8 Å². The number of amides is 1. The van der Waals surface area contributed by atoms with Crippen LogP contribution in [0.4, 0.5) is 0 Å². The van der Waals surface area contributed by atoms with Crippen molar-refractivity contribution in [2.75, 3.05) is 38.9 Å². The summed E-state index contributed by atoms with van der Waals surface area (Å²) in [6, 6.07) is -0.759. The highest BCUT2D eigenvalue weighted by Gasteiger charge is 2.39. The molecule has 104 valence electrons. The molecule has 1 rings (SSSR count). The Balaban J connectivity index is 2.46. The van der Waals surface area contributed by atoms with E-state index in [0.717, 1.165) is 5.75 Å². The molecule has 2 atom stereocenters. The van der Waals surface area contributed by atoms with E-state index in [9.17, 15) is 9.59 Å². The van der Waals surface area contributed by atoms with Crippen molar-refractivity contribution >= 4 is 23.6 Å². The van der Waals surface area contributed by atoms with Crippen LogP contribution in [0.1, 0.15) is 6.42 Å². The maximum atomic E-state index is 11.9. The Labute approximate surface area is 111 Å². The minimum atomic E-state index is -0.968. The zero-order valence-electron chi connectivity index (χ0n) is 10.6. The Hall–Kier alpha value is -0.790. The zero-order chi connectivity index (χ0) is 13.5. The first kappa shape index (κ1) is 15.3. The van der Waals surface area contributed by atoms with Crippen LogP contribution in [0.5, 0.6) is 0 Å². The van der Waals surface area contributed by atoms with Gasteiger partial charge in [0.25, 0.3) is 0 Å². The molecule has 1 amide bonds. The van der Waals surface area contributed by atoms with Crippen LogP contribution in [-0.2, 0) is 19.1 Å². The lowest BCUT2D eigenvalue weighted by Crippen LogP contribution is -2.41. The number of nitrogens with zero attached hydrogens (tertiary/aromatic N) is 1. The van der Waals surface area contributed by atoms with Crippen LogP contribution in [0.2, 0.25) is 0 Å². The van der Waals surface area contributed by atoms with Gasteiger partial charge in [-0.15, -0.1) is 11.8 Å². The number of methoxy groups -OCH3 is 2. The van der Waals surface area contributed by atoms with Gasteiger partial charge in [0.15, 0.2) is 0 Å². The lowest BCUT2D eigenvalue weighted by Gasteiger charge is -2.20. The number of carboxylic acids is 1. The van der Waals surface area contributed by atoms with Crippen molar-refractivity contribution in [3.8, 4) is 0 Å². The smallest absolute Gasteiger partial charge is 0.326 e. The Morgan fingerprint density at radius 2 is 2.17 bits per heavy atom. The fraction of sp³-hybridized carbons (Fsp3) is 0.818. The van der Waals surface area contributed by atoms with Crippen LogP contribution < -0.4 is 0 Å². The third-order valence-corrected chi connectivity index (χ3v) is 3.77. The maximum Gasteiger partial charge on any atom is 0.326 e. The number of carbonyl (C=O) groups is 2. The van der Waals surface area contributed by atoms with Crippen molar-refractivity contribution in [2.45, 2.75) is 18.6 Å². The normalized spacial score (nSPS) is 23.3. The molecule has 1 aliphatic rings. The highest BCUT2D eigenvalue weighted by atomic mass is 32.2. The summed E-state index contributed by atoms with van der Waals surface area (Å²) < 4.78 is 10.0. The number of hydrogen-bond acceptors (Lipinski definition) is 5. The van der Waals surface area contributed by atoms with E-state index in [1.807, 2.05) is 0 Å². The first-order valence-corrected chi connectivity index (χ1v) is 6.87. The first-order chi connectivity index (χ1) is 8.60. The molecule has 1 heterocycles. The van der Waals surface area contributed by atoms with Crippen LogP contribution in [-0.4, -0.2) is 72.9 Å². The number of carboxylic acid groups (broad SMARTS) is 1. The molecule has 0 aromatic heterocycles. The maximum absolute atomic E-state index is 11.9. The first-order valence-electron chi connectivity index (χ1n) is 5.72. The summed E-state index contributed by atoms with van der Waals surface area (Å²) in [6.07, 6.45) is 0.180. The molecule has 18 heavy (non-hydrogen) atoms. The zero-order valence-corrected chi connectivity index (χ0v) is 11.4. The van der Waals surface area contributed by atoms with E-state index in [1.54, 1.807) is 7.11 Å². The summed E-state index contributed by atoms with van der Waals surface area (Å²) in [4.78, 5) is 24.4. The molecule has 0 radical (unpaired) electrons. The second-order valence-electron chi connectivity index (χ2n) is 4.04. The van der Waals surface area contributed by atoms with Crippen molar-refractivity contribution in [2.24, 2.45) is 0 Å². The minimum Gasteiger partial charge on any atom is -0.480 e. The van der Waals surface area contributed by atoms with Gasteiger partial charge in [-0.05, 0) is 0 Å². The third-order valence-electron chi connectivity index (χ3n) is 2.86. The van der Waals surface area contributed by atoms with Gasteiger partial charge in [-0.2, -0.15) is 0 Å². The van der Waals surface area contributed by atoms with E-state index in [-0.39, 0.29) is 17.8 Å². The molecule has 0 aliphatic carbocycles. The highest BCUT2D eigenvalue weighted by molar-refractivity contribution is 7.99. The van der Waals surface area contributed by atoms with Gasteiger partial charge in [0.1, 0.15) is 6.04 Å². The molecule has 7 heteroatoms. The summed E-state index contributed by atoms with van der Waals surface area (Å²) in [6.45, 7) is 0.943. The predicted octanol–water partition coefficient (Wildman–Crippen LogP) is 0.0665. The second-order valence-corrected chi connectivity index (χ2v) is 5.14. The predicted molar refractivity (Wildman–Crippen MR) is 67.8 cm³/mol. The fourth-order valence-electron chi connectivity index (χ4n) is 1.86. The van der Waals surface area contributed by atoms with E-state index in [4.69, 9.17) is 14.6 Å². The molecule has 1 saturated heterocycles. The summed E-state index contributed by atoms with van der Waals surface area (Å²) >= 11 is 1.45. The topological polar surface area (TPSA) is 76.1 Å². The standard InChI is InChI=1S/C11H19NO5S/c1-16-3-4-18-7-10(13)12-6-8(17-2)5-9(12)11(14)15/h8-9H,3-7H2,1-2H3,(H,14,15). The van der Waals surface area contributed by atoms with Crippen LogP contribution in [0.25, 0.3) is 0 Å². The molecule has 0 saturated carbocycles. The quantitative estimate of drug-likeness (QED) is 0.664. The largest absolute Gasteiger partial charge is 0.480 e. The van der Waals surface area contributed by atoms with Crippen molar-refractivity contribution in [1.29, 1.82) is 0 Å². The Morgan fingerprint density at radius 3 is 2.72 bits per heavy atom. The highest BCUT2D eigenvalue weighted by Crippen LogP contribution is 2.21. The second kappa shape index (κ2) is 7.60. The monoisotopic (exact) mass is 277 g/mol. The number of aliphatic carboxylic acids is 1. The van der Waals surface area contributed by atoms with Crippen molar-refractivity contribution < 1.29 is 24.2 Å². The van der Waals surface area contributed by atoms with Gasteiger partial charge in [0.2, 0.25) is 5.91 Å². The van der Waals surface area contributed by atoms with Crippen molar-refractivity contribution in [3.63, 3.8) is 0 Å². The van der Waals surface area contributed by atoms with Crippen LogP contribution in [0, 0.1) is 0 Å². The number of carbonyl (C=O) groups excluding carboxylic acids is 1. The Kier molecular flexibility index (Phi) is 6.45. The molecule has 1 aliphatic heterocycles. The van der Waals surface area contributed by atoms with Gasteiger partial charge in [-0.1, -0.05) is 0 Å². The lowest BCUT2D eigenvalue weighted by molar-refractivity contribution is -0.147. The number of hydrogen-bond donors (Lipinski definition) is 1. The molecule has 0 spiro atoms. The number of ether oxygens (including phenoxy) is 2. The Morgan fingerprint density at radius 1 is 1.44 bits per heavy atom. The lowest BCUT2D eigenvalue weighted by atomic mass is 10.2. The number of likely N-dealkylation sites (tertiary alicyclic amines) is 1. The SMILES string of the molecule is COCCSCC(=O)N1CC(OC)CC1C(=O)O. The van der Waals surface area contributed by atoms with Gasteiger partial charge in [0, 0.05) is 32.9 Å². The molecule has 0 aromatic carbocycles. The van der Waals surface area contributed by atoms with Gasteiger partial charge >= 0.3 is 5.97 Å². The molecular formula is C11H19NO5S. The fourth-order valence-corrected chi connectivity index (χ4v) is 2.63. The third kappa shape index (κ3) is 4.15. The van der Waals surface area contributed by atoms with Crippen LogP contribution in [0.3, 0.4) is 0 Å². The molecule has 6 nitrogen and oxygen atoms in total. The van der Waals surface area contributed by atoms with Gasteiger partial charge in [-0.25, -0.2) is 4.79 Å². The Bertz CT molecular complexity index is 299. The number of thioether (sulfide) groups is 1. The average Bonchev–Trinajstić information content (AvgIpc) is 2.78. The molecule has 2 unspecified atom stereocenters. The van der Waals surface area contributed by atoms with E-state index in [0.29, 0.717) is 19.6 Å². The molecule has 0 bridgehead atoms. The molecule has 1 fully saturated rings. The summed E-state index contributed by atoms with van der Waals surface area (Å²) in [5.41, 5.74) is 0. The van der Waals surface area contributed by atoms with Crippen LogP contribution in [0.15, 0.2) is 0 Å². The number of rotatable bonds is 7. The van der Waals surface area contributed by atoms with Gasteiger partial charge in [-0.3, -0.25) is 4.79 Å². The molecular weight excluding hydrogens is 258 g/mol. The summed E-state index contributed by atoms with van der Waals surface area (Å²) in [5, 5.41) is 9.08. The van der Waals surface area contributed by atoms with E-state index < -0.39 is 12.0 Å². The van der Waals surface area contributed by atoms with Gasteiger partial charge < -0.3 is 19.5 Å². The van der Waals surface area contributed by atoms with E-state index in [2.05, 4.69) is 0 Å².